The van der Waals surface area contributed by atoms with Crippen molar-refractivity contribution in [3.8, 4) is 0 Å². The summed E-state index contributed by atoms with van der Waals surface area (Å²) in [6, 6.07) is 0. The first-order valence-electron chi connectivity index (χ1n) is 4.79. The van der Waals surface area contributed by atoms with E-state index in [1.807, 2.05) is 0 Å². The van der Waals surface area contributed by atoms with Crippen molar-refractivity contribution in [1.29, 1.82) is 0 Å². The van der Waals surface area contributed by atoms with E-state index >= 15 is 0 Å². The lowest BCUT2D eigenvalue weighted by molar-refractivity contribution is -0.139. The highest BCUT2D eigenvalue weighted by molar-refractivity contribution is 9.10. The molecule has 4 heteroatoms. The van der Waals surface area contributed by atoms with Crippen LogP contribution in [-0.4, -0.2) is 16.9 Å². The van der Waals surface area contributed by atoms with Gasteiger partial charge in [0, 0.05) is 9.90 Å². The fourth-order valence-corrected chi connectivity index (χ4v) is 0.917. The second-order valence-electron chi connectivity index (χ2n) is 4.10. The lowest BCUT2D eigenvalue weighted by Gasteiger charge is -2.26. The van der Waals surface area contributed by atoms with Crippen molar-refractivity contribution < 1.29 is 9.53 Å². The van der Waals surface area contributed by atoms with E-state index < -0.39 is 0 Å². The predicted molar refractivity (Wildman–Crippen MR) is 67.6 cm³/mol. The molecule has 1 atom stereocenters. The van der Waals surface area contributed by atoms with Crippen LogP contribution in [0.5, 0.6) is 0 Å². The van der Waals surface area contributed by atoms with Crippen LogP contribution >= 0.6 is 15.9 Å². The molecule has 0 fully saturated rings. The minimum Gasteiger partial charge on any atom is -0.462 e. The van der Waals surface area contributed by atoms with Gasteiger partial charge in [-0.2, -0.15) is 0 Å². The van der Waals surface area contributed by atoms with Crippen LogP contribution < -0.4 is 6.15 Å². The van der Waals surface area contributed by atoms with Gasteiger partial charge in [-0.25, -0.2) is 4.79 Å². The van der Waals surface area contributed by atoms with Crippen molar-refractivity contribution in [2.24, 2.45) is 5.92 Å². The van der Waals surface area contributed by atoms with Crippen molar-refractivity contribution in [2.75, 3.05) is 6.61 Å². The van der Waals surface area contributed by atoms with E-state index in [1.165, 1.54) is 0 Å². The molecular weight excluding hydrogens is 258 g/mol. The Morgan fingerprint density at radius 1 is 1.53 bits per heavy atom. The van der Waals surface area contributed by atoms with Crippen LogP contribution in [0, 0.1) is 5.92 Å². The van der Waals surface area contributed by atoms with Crippen molar-refractivity contribution in [3.63, 3.8) is 0 Å². The van der Waals surface area contributed by atoms with Gasteiger partial charge in [0.15, 0.2) is 0 Å². The summed E-state index contributed by atoms with van der Waals surface area (Å²) >= 11 is 3.62. The summed E-state index contributed by atoms with van der Waals surface area (Å²) in [5.74, 6) is 0.197. The first-order chi connectivity index (χ1) is 6.27. The number of carbonyl (C=O) groups excluding carboxylic acids is 1. The predicted octanol–water partition coefficient (Wildman–Crippen LogP) is 3.47. The molecule has 0 aromatic heterocycles. The average Bonchev–Trinajstić information content (AvgIpc) is 2.03. The van der Waals surface area contributed by atoms with E-state index in [-0.39, 0.29) is 16.4 Å². The standard InChI is InChI=1S/C11H19BrO2.H3N/c1-8(2)10(13)14-7-6-11(5,12)9(3)4;/h9H,1,6-7H2,2-5H3;1H3. The lowest BCUT2D eigenvalue weighted by Crippen LogP contribution is -2.26. The Bertz CT molecular complexity index is 225. The van der Waals surface area contributed by atoms with Crippen LogP contribution in [0.25, 0.3) is 0 Å². The number of esters is 1. The minimum atomic E-state index is -0.308. The summed E-state index contributed by atoms with van der Waals surface area (Å²) in [7, 11) is 0. The number of rotatable bonds is 5. The average molecular weight is 280 g/mol. The van der Waals surface area contributed by atoms with Gasteiger partial charge in [-0.05, 0) is 26.2 Å². The molecule has 0 aliphatic rings. The quantitative estimate of drug-likeness (QED) is 0.476. The van der Waals surface area contributed by atoms with Crippen molar-refractivity contribution in [2.45, 2.75) is 38.4 Å². The SMILES string of the molecule is C=C(C)C(=O)OCCC(C)(Br)C(C)C.N. The first kappa shape index (κ1) is 17.1. The van der Waals surface area contributed by atoms with Gasteiger partial charge in [-0.15, -0.1) is 0 Å². The molecule has 0 amide bonds. The molecule has 15 heavy (non-hydrogen) atoms. The van der Waals surface area contributed by atoms with Gasteiger partial charge < -0.3 is 10.9 Å². The fourth-order valence-electron chi connectivity index (χ4n) is 0.755. The van der Waals surface area contributed by atoms with Gasteiger partial charge in [0.1, 0.15) is 0 Å². The molecular formula is C11H22BrNO2. The summed E-state index contributed by atoms with van der Waals surface area (Å²) in [6.07, 6.45) is 0.809. The summed E-state index contributed by atoms with van der Waals surface area (Å²) in [4.78, 5) is 11.1. The van der Waals surface area contributed by atoms with E-state index in [9.17, 15) is 4.79 Å². The number of ether oxygens (including phenoxy) is 1. The Kier molecular flexibility index (Phi) is 7.97. The van der Waals surface area contributed by atoms with E-state index in [2.05, 4.69) is 43.3 Å². The molecule has 0 spiro atoms. The van der Waals surface area contributed by atoms with Crippen molar-refractivity contribution in [1.82, 2.24) is 6.15 Å². The second-order valence-corrected chi connectivity index (χ2v) is 5.91. The maximum atomic E-state index is 11.1. The maximum absolute atomic E-state index is 11.1. The molecule has 0 aromatic rings. The minimum absolute atomic E-state index is 0. The van der Waals surface area contributed by atoms with E-state index in [4.69, 9.17) is 4.74 Å². The van der Waals surface area contributed by atoms with Crippen molar-refractivity contribution in [3.05, 3.63) is 12.2 Å². The van der Waals surface area contributed by atoms with Crippen LogP contribution in [0.3, 0.4) is 0 Å². The molecule has 0 rings (SSSR count). The number of carbonyl (C=O) groups is 1. The maximum Gasteiger partial charge on any atom is 0.333 e. The number of hydrogen-bond donors (Lipinski definition) is 1. The van der Waals surface area contributed by atoms with Gasteiger partial charge in [-0.3, -0.25) is 0 Å². The Balaban J connectivity index is 0. The van der Waals surface area contributed by atoms with Crippen molar-refractivity contribution >= 4 is 21.9 Å². The lowest BCUT2D eigenvalue weighted by atomic mass is 9.95. The molecule has 0 saturated carbocycles. The molecule has 0 aliphatic heterocycles. The van der Waals surface area contributed by atoms with E-state index in [0.717, 1.165) is 6.42 Å². The van der Waals surface area contributed by atoms with Gasteiger partial charge in [0.05, 0.1) is 6.61 Å². The highest BCUT2D eigenvalue weighted by Crippen LogP contribution is 2.30. The Morgan fingerprint density at radius 3 is 2.33 bits per heavy atom. The molecule has 0 saturated heterocycles. The summed E-state index contributed by atoms with van der Waals surface area (Å²) in [6.45, 7) is 12.0. The Morgan fingerprint density at radius 2 is 2.00 bits per heavy atom. The second kappa shape index (κ2) is 7.01. The molecule has 0 radical (unpaired) electrons. The molecule has 0 aromatic carbocycles. The monoisotopic (exact) mass is 279 g/mol. The summed E-state index contributed by atoms with van der Waals surface area (Å²) < 4.78 is 5.05. The van der Waals surface area contributed by atoms with Gasteiger partial charge >= 0.3 is 5.97 Å². The third kappa shape index (κ3) is 6.68. The fraction of sp³-hybridized carbons (Fsp3) is 0.727. The zero-order chi connectivity index (χ0) is 11.4. The first-order valence-corrected chi connectivity index (χ1v) is 5.58. The molecule has 3 N–H and O–H groups in total. The van der Waals surface area contributed by atoms with Gasteiger partial charge in [-0.1, -0.05) is 36.4 Å². The number of halogens is 1. The Hall–Kier alpha value is -0.350. The molecule has 90 valence electrons. The molecule has 3 nitrogen and oxygen atoms in total. The van der Waals surface area contributed by atoms with Gasteiger partial charge in [0.25, 0.3) is 0 Å². The molecule has 0 bridgehead atoms. The van der Waals surface area contributed by atoms with Crippen LogP contribution in [0.1, 0.15) is 34.1 Å². The molecule has 0 aliphatic carbocycles. The third-order valence-electron chi connectivity index (χ3n) is 2.38. The number of hydrogen-bond acceptors (Lipinski definition) is 3. The number of alkyl halides is 1. The smallest absolute Gasteiger partial charge is 0.333 e. The largest absolute Gasteiger partial charge is 0.462 e. The summed E-state index contributed by atoms with van der Waals surface area (Å²) in [5.41, 5.74) is 0.450. The normalized spacial score (nSPS) is 14.0. The van der Waals surface area contributed by atoms with Crippen LogP contribution in [0.15, 0.2) is 12.2 Å². The van der Waals surface area contributed by atoms with E-state index in [1.54, 1.807) is 6.92 Å². The van der Waals surface area contributed by atoms with Crippen LogP contribution in [0.2, 0.25) is 0 Å². The third-order valence-corrected chi connectivity index (χ3v) is 3.69. The summed E-state index contributed by atoms with van der Waals surface area (Å²) in [5, 5.41) is 0. The highest BCUT2D eigenvalue weighted by Gasteiger charge is 2.24. The zero-order valence-corrected chi connectivity index (χ0v) is 11.7. The van der Waals surface area contributed by atoms with E-state index in [0.29, 0.717) is 18.1 Å². The van der Waals surface area contributed by atoms with Crippen LogP contribution in [-0.2, 0) is 9.53 Å². The topological polar surface area (TPSA) is 61.3 Å². The zero-order valence-electron chi connectivity index (χ0n) is 10.1. The Labute approximate surface area is 101 Å². The van der Waals surface area contributed by atoms with Crippen LogP contribution in [0.4, 0.5) is 0 Å². The highest BCUT2D eigenvalue weighted by atomic mass is 79.9. The van der Waals surface area contributed by atoms with Gasteiger partial charge in [0.2, 0.25) is 0 Å². The molecule has 0 heterocycles. The molecule has 1 unspecified atom stereocenters.